The van der Waals surface area contributed by atoms with Gasteiger partial charge < -0.3 is 9.84 Å². The second kappa shape index (κ2) is 6.81. The van der Waals surface area contributed by atoms with E-state index in [9.17, 15) is 13.5 Å². The van der Waals surface area contributed by atoms with Crippen LogP contribution in [-0.4, -0.2) is 44.1 Å². The van der Waals surface area contributed by atoms with Crippen molar-refractivity contribution in [2.75, 3.05) is 20.2 Å². The van der Waals surface area contributed by atoms with Crippen LogP contribution in [0.1, 0.15) is 18.4 Å². The molecule has 1 aliphatic rings. The molecule has 1 aromatic rings. The molecule has 0 radical (unpaired) electrons. The van der Waals surface area contributed by atoms with Gasteiger partial charge in [-0.05, 0) is 30.5 Å². The monoisotopic (exact) mass is 353 g/mol. The fourth-order valence-corrected chi connectivity index (χ4v) is 4.36. The van der Waals surface area contributed by atoms with E-state index < -0.39 is 10.0 Å². The Kier molecular flexibility index (Phi) is 5.51. The minimum absolute atomic E-state index is 0.00101. The summed E-state index contributed by atoms with van der Waals surface area (Å²) in [7, 11) is -2.31. The molecular formula is C13H17Cl2NO4S. The van der Waals surface area contributed by atoms with Gasteiger partial charge in [-0.1, -0.05) is 23.2 Å². The molecule has 21 heavy (non-hydrogen) atoms. The molecule has 1 unspecified atom stereocenters. The van der Waals surface area contributed by atoms with E-state index in [1.54, 1.807) is 0 Å². The molecule has 1 aromatic carbocycles. The van der Waals surface area contributed by atoms with Gasteiger partial charge >= 0.3 is 0 Å². The van der Waals surface area contributed by atoms with Gasteiger partial charge in [0.15, 0.2) is 0 Å². The largest absolute Gasteiger partial charge is 0.392 e. The molecule has 1 atom stereocenters. The van der Waals surface area contributed by atoms with Crippen LogP contribution in [0.4, 0.5) is 0 Å². The lowest BCUT2D eigenvalue weighted by atomic mass is 10.2. The van der Waals surface area contributed by atoms with Gasteiger partial charge in [0, 0.05) is 25.2 Å². The first-order valence-electron chi connectivity index (χ1n) is 6.53. The first kappa shape index (κ1) is 17.0. The van der Waals surface area contributed by atoms with E-state index in [-0.39, 0.29) is 39.8 Å². The standard InChI is InChI=1S/C13H17Cl2NO4S/c1-16(7-11-3-2-4-20-11)21(18,19)12-6-10(14)5-9(8-17)13(12)15/h5-6,11,17H,2-4,7-8H2,1H3. The van der Waals surface area contributed by atoms with Gasteiger partial charge in [-0.2, -0.15) is 4.31 Å². The van der Waals surface area contributed by atoms with E-state index in [1.807, 2.05) is 0 Å². The molecule has 0 aliphatic carbocycles. The van der Waals surface area contributed by atoms with Gasteiger partial charge in [-0.3, -0.25) is 0 Å². The van der Waals surface area contributed by atoms with E-state index in [1.165, 1.54) is 23.5 Å². The third kappa shape index (κ3) is 3.70. The van der Waals surface area contributed by atoms with E-state index >= 15 is 0 Å². The SMILES string of the molecule is CN(CC1CCCO1)S(=O)(=O)c1cc(Cl)cc(CO)c1Cl. The van der Waals surface area contributed by atoms with Crippen LogP contribution in [0.3, 0.4) is 0 Å². The number of aliphatic hydroxyl groups excluding tert-OH is 1. The van der Waals surface area contributed by atoms with Gasteiger partial charge in [0.05, 0.1) is 17.7 Å². The number of likely N-dealkylation sites (N-methyl/N-ethyl adjacent to an activating group) is 1. The molecular weight excluding hydrogens is 337 g/mol. The maximum Gasteiger partial charge on any atom is 0.244 e. The molecule has 1 aliphatic heterocycles. The van der Waals surface area contributed by atoms with Gasteiger partial charge in [0.2, 0.25) is 10.0 Å². The molecule has 0 saturated carbocycles. The molecule has 2 rings (SSSR count). The zero-order valence-electron chi connectivity index (χ0n) is 11.6. The van der Waals surface area contributed by atoms with E-state index in [2.05, 4.69) is 0 Å². The summed E-state index contributed by atoms with van der Waals surface area (Å²) in [6.45, 7) is 0.544. The van der Waals surface area contributed by atoms with Crippen molar-refractivity contribution in [3.05, 3.63) is 27.7 Å². The molecule has 1 N–H and O–H groups in total. The fourth-order valence-electron chi connectivity index (χ4n) is 2.26. The normalized spacial score (nSPS) is 19.4. The fraction of sp³-hybridized carbons (Fsp3) is 0.538. The average molecular weight is 354 g/mol. The molecule has 1 fully saturated rings. The highest BCUT2D eigenvalue weighted by Crippen LogP contribution is 2.31. The number of halogens is 2. The summed E-state index contributed by atoms with van der Waals surface area (Å²) in [5.74, 6) is 0. The van der Waals surface area contributed by atoms with Crippen molar-refractivity contribution < 1.29 is 18.3 Å². The third-order valence-electron chi connectivity index (χ3n) is 3.42. The Morgan fingerprint density at radius 3 is 2.71 bits per heavy atom. The second-order valence-corrected chi connectivity index (χ2v) is 7.78. The Balaban J connectivity index is 2.32. The number of benzene rings is 1. The Morgan fingerprint density at radius 1 is 1.43 bits per heavy atom. The molecule has 0 spiro atoms. The first-order chi connectivity index (χ1) is 9.86. The minimum Gasteiger partial charge on any atom is -0.392 e. The van der Waals surface area contributed by atoms with Gasteiger partial charge in [-0.25, -0.2) is 8.42 Å². The van der Waals surface area contributed by atoms with Crippen LogP contribution in [0, 0.1) is 0 Å². The van der Waals surface area contributed by atoms with Crippen molar-refractivity contribution in [2.24, 2.45) is 0 Å². The van der Waals surface area contributed by atoms with Crippen molar-refractivity contribution in [3.8, 4) is 0 Å². The number of nitrogens with zero attached hydrogens (tertiary/aromatic N) is 1. The Labute approximate surface area is 134 Å². The topological polar surface area (TPSA) is 66.8 Å². The van der Waals surface area contributed by atoms with Crippen LogP contribution in [0.2, 0.25) is 10.0 Å². The lowest BCUT2D eigenvalue weighted by molar-refractivity contribution is 0.0979. The quantitative estimate of drug-likeness (QED) is 0.881. The molecule has 8 heteroatoms. The number of rotatable bonds is 5. The summed E-state index contributed by atoms with van der Waals surface area (Å²) in [5, 5.41) is 9.45. The number of hydrogen-bond acceptors (Lipinski definition) is 4. The number of hydrogen-bond donors (Lipinski definition) is 1. The molecule has 1 heterocycles. The molecule has 0 aromatic heterocycles. The summed E-state index contributed by atoms with van der Waals surface area (Å²) in [4.78, 5) is -0.0961. The van der Waals surface area contributed by atoms with Crippen molar-refractivity contribution in [2.45, 2.75) is 30.4 Å². The minimum atomic E-state index is -3.79. The molecule has 0 bridgehead atoms. The average Bonchev–Trinajstić information content (AvgIpc) is 2.93. The molecule has 1 saturated heterocycles. The summed E-state index contributed by atoms with van der Waals surface area (Å²) in [5.41, 5.74) is 0.285. The zero-order chi connectivity index (χ0) is 15.6. The van der Waals surface area contributed by atoms with Crippen LogP contribution in [0.15, 0.2) is 17.0 Å². The lowest BCUT2D eigenvalue weighted by Gasteiger charge is -2.21. The van der Waals surface area contributed by atoms with Crippen molar-refractivity contribution in [3.63, 3.8) is 0 Å². The predicted molar refractivity (Wildman–Crippen MR) is 81.2 cm³/mol. The Hall–Kier alpha value is -0.370. The van der Waals surface area contributed by atoms with Gasteiger partial charge in [0.1, 0.15) is 4.90 Å². The number of aliphatic hydroxyl groups is 1. The highest BCUT2D eigenvalue weighted by Gasteiger charge is 2.29. The highest BCUT2D eigenvalue weighted by atomic mass is 35.5. The zero-order valence-corrected chi connectivity index (χ0v) is 13.9. The summed E-state index contributed by atoms with van der Waals surface area (Å²) in [6.07, 6.45) is 1.68. The number of ether oxygens (including phenoxy) is 1. The summed E-state index contributed by atoms with van der Waals surface area (Å²) < 4.78 is 31.9. The maximum atomic E-state index is 12.6. The summed E-state index contributed by atoms with van der Waals surface area (Å²) in [6, 6.07) is 2.74. The molecule has 118 valence electrons. The van der Waals surface area contributed by atoms with Crippen molar-refractivity contribution >= 4 is 33.2 Å². The van der Waals surface area contributed by atoms with Crippen LogP contribution in [0.5, 0.6) is 0 Å². The summed E-state index contributed by atoms with van der Waals surface area (Å²) >= 11 is 12.0. The van der Waals surface area contributed by atoms with E-state index in [0.717, 1.165) is 12.8 Å². The molecule has 0 amide bonds. The predicted octanol–water partition coefficient (Wildman–Crippen LogP) is 2.29. The van der Waals surface area contributed by atoms with Crippen LogP contribution in [-0.2, 0) is 21.4 Å². The first-order valence-corrected chi connectivity index (χ1v) is 8.72. The maximum absolute atomic E-state index is 12.6. The van der Waals surface area contributed by atoms with Crippen LogP contribution in [0.25, 0.3) is 0 Å². The Morgan fingerprint density at radius 2 is 2.14 bits per heavy atom. The number of sulfonamides is 1. The van der Waals surface area contributed by atoms with E-state index in [0.29, 0.717) is 6.61 Å². The van der Waals surface area contributed by atoms with Crippen LogP contribution >= 0.6 is 23.2 Å². The highest BCUT2D eigenvalue weighted by molar-refractivity contribution is 7.89. The van der Waals surface area contributed by atoms with E-state index in [4.69, 9.17) is 27.9 Å². The molecule has 5 nitrogen and oxygen atoms in total. The van der Waals surface area contributed by atoms with Gasteiger partial charge in [-0.15, -0.1) is 0 Å². The second-order valence-electron chi connectivity index (χ2n) is 4.96. The van der Waals surface area contributed by atoms with Crippen molar-refractivity contribution in [1.82, 2.24) is 4.31 Å². The third-order valence-corrected chi connectivity index (χ3v) is 6.05. The Bertz CT molecular complexity index is 615. The van der Waals surface area contributed by atoms with Crippen LogP contribution < -0.4 is 0 Å². The van der Waals surface area contributed by atoms with Crippen molar-refractivity contribution in [1.29, 1.82) is 0 Å². The van der Waals surface area contributed by atoms with Gasteiger partial charge in [0.25, 0.3) is 0 Å². The lowest BCUT2D eigenvalue weighted by Crippen LogP contribution is -2.34. The smallest absolute Gasteiger partial charge is 0.244 e.